The van der Waals surface area contributed by atoms with Crippen molar-refractivity contribution in [2.45, 2.75) is 0 Å². The summed E-state index contributed by atoms with van der Waals surface area (Å²) in [4.78, 5) is 10.5. The second-order valence-electron chi connectivity index (χ2n) is 1.75. The summed E-state index contributed by atoms with van der Waals surface area (Å²) in [6.45, 7) is 0. The van der Waals surface area contributed by atoms with Crippen molar-refractivity contribution < 1.29 is 9.18 Å². The van der Waals surface area contributed by atoms with Crippen LogP contribution in [0, 0.1) is 0 Å². The minimum absolute atomic E-state index is 0.353. The first-order chi connectivity index (χ1) is 5.72. The molecule has 0 aliphatic heterocycles. The van der Waals surface area contributed by atoms with Crippen molar-refractivity contribution in [3.63, 3.8) is 0 Å². The Labute approximate surface area is 80.1 Å². The van der Waals surface area contributed by atoms with Crippen LogP contribution in [0.3, 0.4) is 0 Å². The van der Waals surface area contributed by atoms with Crippen molar-refractivity contribution in [1.29, 1.82) is 0 Å². The van der Waals surface area contributed by atoms with Crippen LogP contribution in [-0.2, 0) is 0 Å². The zero-order valence-corrected chi connectivity index (χ0v) is 7.86. The number of alkyl halides is 1. The van der Waals surface area contributed by atoms with Gasteiger partial charge in [0.1, 0.15) is 0 Å². The van der Waals surface area contributed by atoms with E-state index in [9.17, 15) is 9.18 Å². The normalized spacial score (nSPS) is 8.33. The predicted octanol–water partition coefficient (Wildman–Crippen LogP) is 3.30. The van der Waals surface area contributed by atoms with E-state index in [0.29, 0.717) is 17.8 Å². The average Bonchev–Trinajstić information content (AvgIpc) is 2.08. The SMILES string of the molecule is CF.O=C(Cl)c1ccccc1Cl. The first kappa shape index (κ1) is 11.4. The molecule has 0 radical (unpaired) electrons. The lowest BCUT2D eigenvalue weighted by molar-refractivity contribution is 0.108. The highest BCUT2D eigenvalue weighted by atomic mass is 35.5. The second-order valence-corrected chi connectivity index (χ2v) is 2.50. The van der Waals surface area contributed by atoms with Crippen LogP contribution in [0.4, 0.5) is 4.39 Å². The lowest BCUT2D eigenvalue weighted by Gasteiger charge is -1.93. The molecule has 0 saturated carbocycles. The number of hydrogen-bond donors (Lipinski definition) is 0. The maximum Gasteiger partial charge on any atom is 0.253 e. The molecule has 12 heavy (non-hydrogen) atoms. The van der Waals surface area contributed by atoms with Crippen LogP contribution in [0.25, 0.3) is 0 Å². The third-order valence-corrected chi connectivity index (χ3v) is 1.62. The van der Waals surface area contributed by atoms with Crippen molar-refractivity contribution in [3.05, 3.63) is 34.9 Å². The fourth-order valence-electron chi connectivity index (χ4n) is 0.621. The lowest BCUT2D eigenvalue weighted by Crippen LogP contribution is -1.87. The molecule has 0 bridgehead atoms. The van der Waals surface area contributed by atoms with Gasteiger partial charge in [0, 0.05) is 0 Å². The number of benzene rings is 1. The van der Waals surface area contributed by atoms with Gasteiger partial charge in [0.2, 0.25) is 0 Å². The number of rotatable bonds is 1. The van der Waals surface area contributed by atoms with Crippen LogP contribution in [-0.4, -0.2) is 12.4 Å². The van der Waals surface area contributed by atoms with Crippen molar-refractivity contribution in [3.8, 4) is 0 Å². The Kier molecular flexibility index (Phi) is 5.68. The monoisotopic (exact) mass is 208 g/mol. The van der Waals surface area contributed by atoms with E-state index in [4.69, 9.17) is 23.2 Å². The van der Waals surface area contributed by atoms with E-state index < -0.39 is 5.24 Å². The Hall–Kier alpha value is -0.600. The van der Waals surface area contributed by atoms with E-state index in [2.05, 4.69) is 0 Å². The summed E-state index contributed by atoms with van der Waals surface area (Å²) in [5, 5.41) is -0.131. The molecule has 0 amide bonds. The maximum absolute atomic E-state index is 10.5. The summed E-state index contributed by atoms with van der Waals surface area (Å²) in [7, 11) is 0.500. The fourth-order valence-corrected chi connectivity index (χ4v) is 1.06. The molecule has 0 aromatic heterocycles. The van der Waals surface area contributed by atoms with E-state index in [1.807, 2.05) is 0 Å². The van der Waals surface area contributed by atoms with Gasteiger partial charge in [0.25, 0.3) is 5.24 Å². The molecule has 0 saturated heterocycles. The fraction of sp³-hybridized carbons (Fsp3) is 0.125. The Morgan fingerprint density at radius 1 is 1.33 bits per heavy atom. The van der Waals surface area contributed by atoms with Gasteiger partial charge < -0.3 is 0 Å². The largest absolute Gasteiger partial charge is 0.276 e. The van der Waals surface area contributed by atoms with E-state index >= 15 is 0 Å². The van der Waals surface area contributed by atoms with Gasteiger partial charge in [0.05, 0.1) is 17.8 Å². The zero-order valence-electron chi connectivity index (χ0n) is 6.35. The lowest BCUT2D eigenvalue weighted by atomic mass is 10.2. The molecule has 0 unspecified atom stereocenters. The number of carbonyl (C=O) groups is 1. The van der Waals surface area contributed by atoms with Gasteiger partial charge in [-0.1, -0.05) is 23.7 Å². The van der Waals surface area contributed by atoms with Gasteiger partial charge in [-0.15, -0.1) is 0 Å². The molecule has 0 N–H and O–H groups in total. The first-order valence-electron chi connectivity index (χ1n) is 3.04. The van der Waals surface area contributed by atoms with Crippen LogP contribution in [0.15, 0.2) is 24.3 Å². The quantitative estimate of drug-likeness (QED) is 0.648. The average molecular weight is 209 g/mol. The number of halogens is 3. The van der Waals surface area contributed by atoms with Gasteiger partial charge in [-0.2, -0.15) is 0 Å². The molecule has 1 aromatic carbocycles. The maximum atomic E-state index is 10.5. The van der Waals surface area contributed by atoms with Gasteiger partial charge in [-0.05, 0) is 23.7 Å². The summed E-state index contributed by atoms with van der Waals surface area (Å²) in [5.74, 6) is 0. The van der Waals surface area contributed by atoms with Gasteiger partial charge in [-0.3, -0.25) is 9.18 Å². The Bertz CT molecular complexity index is 263. The van der Waals surface area contributed by atoms with Crippen LogP contribution in [0.2, 0.25) is 5.02 Å². The molecule has 1 nitrogen and oxygen atoms in total. The third kappa shape index (κ3) is 3.20. The van der Waals surface area contributed by atoms with Crippen molar-refractivity contribution in [2.24, 2.45) is 0 Å². The molecule has 0 aliphatic rings. The van der Waals surface area contributed by atoms with Crippen LogP contribution in [0.5, 0.6) is 0 Å². The topological polar surface area (TPSA) is 17.1 Å². The Morgan fingerprint density at radius 3 is 2.17 bits per heavy atom. The summed E-state index contributed by atoms with van der Waals surface area (Å²) in [5.41, 5.74) is 0.353. The molecule has 1 aromatic rings. The molecule has 0 spiro atoms. The molecule has 0 heterocycles. The van der Waals surface area contributed by atoms with Crippen molar-refractivity contribution in [2.75, 3.05) is 7.18 Å². The molecule has 66 valence electrons. The minimum Gasteiger partial charge on any atom is -0.276 e. The van der Waals surface area contributed by atoms with Gasteiger partial charge in [-0.25, -0.2) is 0 Å². The van der Waals surface area contributed by atoms with Crippen LogP contribution in [0.1, 0.15) is 10.4 Å². The highest BCUT2D eigenvalue weighted by molar-refractivity contribution is 6.68. The Morgan fingerprint density at radius 2 is 1.83 bits per heavy atom. The zero-order chi connectivity index (χ0) is 9.56. The van der Waals surface area contributed by atoms with Crippen LogP contribution < -0.4 is 0 Å². The van der Waals surface area contributed by atoms with E-state index in [-0.39, 0.29) is 0 Å². The van der Waals surface area contributed by atoms with E-state index in [1.165, 1.54) is 0 Å². The van der Waals surface area contributed by atoms with Gasteiger partial charge in [0.15, 0.2) is 0 Å². The van der Waals surface area contributed by atoms with Crippen molar-refractivity contribution in [1.82, 2.24) is 0 Å². The van der Waals surface area contributed by atoms with E-state index in [0.717, 1.165) is 0 Å². The molecule has 1 rings (SSSR count). The predicted molar refractivity (Wildman–Crippen MR) is 48.7 cm³/mol. The molecular formula is C8H7Cl2FO. The number of carbonyl (C=O) groups excluding carboxylic acids is 1. The molecule has 0 fully saturated rings. The highest BCUT2D eigenvalue weighted by Gasteiger charge is 2.03. The summed E-state index contributed by atoms with van der Waals surface area (Å²) in [6.07, 6.45) is 0. The van der Waals surface area contributed by atoms with Crippen molar-refractivity contribution >= 4 is 28.4 Å². The molecule has 4 heteroatoms. The summed E-state index contributed by atoms with van der Waals surface area (Å²) in [6, 6.07) is 6.65. The molecular weight excluding hydrogens is 202 g/mol. The summed E-state index contributed by atoms with van der Waals surface area (Å²) >= 11 is 10.8. The number of hydrogen-bond acceptors (Lipinski definition) is 1. The standard InChI is InChI=1S/C7H4Cl2O.CH3F/c8-6-4-2-1-3-5(6)7(9)10;1-2/h1-4H;1H3. The summed E-state index contributed by atoms with van der Waals surface area (Å²) < 4.78 is 9.50. The highest BCUT2D eigenvalue weighted by Crippen LogP contribution is 2.16. The van der Waals surface area contributed by atoms with E-state index in [1.54, 1.807) is 24.3 Å². The Balaban J connectivity index is 0.000000561. The smallest absolute Gasteiger partial charge is 0.253 e. The second kappa shape index (κ2) is 5.98. The van der Waals surface area contributed by atoms with Crippen LogP contribution >= 0.6 is 23.2 Å². The minimum atomic E-state index is -0.523. The first-order valence-corrected chi connectivity index (χ1v) is 3.79. The van der Waals surface area contributed by atoms with Gasteiger partial charge >= 0.3 is 0 Å². The molecule has 0 atom stereocenters. The molecule has 0 aliphatic carbocycles. The third-order valence-electron chi connectivity index (χ3n) is 1.09.